The molecule has 0 saturated heterocycles. The van der Waals surface area contributed by atoms with Gasteiger partial charge in [-0.3, -0.25) is 19.6 Å². The highest BCUT2D eigenvalue weighted by atomic mass is 16.2. The zero-order valence-electron chi connectivity index (χ0n) is 9.62. The highest BCUT2D eigenvalue weighted by Crippen LogP contribution is 2.29. The summed E-state index contributed by atoms with van der Waals surface area (Å²) in [6.45, 7) is 1.74. The molecule has 6 heteroatoms. The Morgan fingerprint density at radius 1 is 1.17 bits per heavy atom. The molecule has 6 nitrogen and oxygen atoms in total. The minimum absolute atomic E-state index is 0.292. The number of hydrogen-bond donors (Lipinski definition) is 1. The van der Waals surface area contributed by atoms with Crippen molar-refractivity contribution in [3.05, 3.63) is 47.5 Å². The zero-order valence-corrected chi connectivity index (χ0v) is 9.62. The second kappa shape index (κ2) is 3.76. The SMILES string of the molecule is C[C@@H](c1ncn[nH]1)N1C(=O)c2ccccc2C1=O. The van der Waals surface area contributed by atoms with E-state index in [2.05, 4.69) is 15.2 Å². The average Bonchev–Trinajstić information content (AvgIpc) is 2.99. The van der Waals surface area contributed by atoms with Crippen LogP contribution in [0.25, 0.3) is 0 Å². The summed E-state index contributed by atoms with van der Waals surface area (Å²) < 4.78 is 0. The second-order valence-electron chi connectivity index (χ2n) is 4.07. The standard InChI is InChI=1S/C12H10N4O2/c1-7(10-13-6-14-15-10)16-11(17)8-4-2-3-5-9(8)12(16)18/h2-7H,1H3,(H,13,14,15)/t7-/m0/s1. The Morgan fingerprint density at radius 3 is 2.28 bits per heavy atom. The number of imide groups is 1. The van der Waals surface area contributed by atoms with Crippen molar-refractivity contribution in [1.82, 2.24) is 20.1 Å². The molecule has 0 spiro atoms. The van der Waals surface area contributed by atoms with Crippen LogP contribution >= 0.6 is 0 Å². The maximum absolute atomic E-state index is 12.2. The second-order valence-corrected chi connectivity index (χ2v) is 4.07. The molecular formula is C12H10N4O2. The van der Waals surface area contributed by atoms with E-state index in [1.54, 1.807) is 31.2 Å². The number of aromatic nitrogens is 3. The van der Waals surface area contributed by atoms with Gasteiger partial charge in [-0.05, 0) is 19.1 Å². The van der Waals surface area contributed by atoms with Crippen LogP contribution < -0.4 is 0 Å². The number of rotatable bonds is 2. The van der Waals surface area contributed by atoms with Gasteiger partial charge in [0.2, 0.25) is 0 Å². The third kappa shape index (κ3) is 1.35. The van der Waals surface area contributed by atoms with Crippen molar-refractivity contribution in [2.24, 2.45) is 0 Å². The first-order valence-electron chi connectivity index (χ1n) is 5.52. The number of nitrogens with zero attached hydrogens (tertiary/aromatic N) is 3. The maximum atomic E-state index is 12.2. The van der Waals surface area contributed by atoms with Gasteiger partial charge in [-0.1, -0.05) is 12.1 Å². The molecule has 1 aromatic heterocycles. The van der Waals surface area contributed by atoms with Crippen molar-refractivity contribution in [2.75, 3.05) is 0 Å². The van der Waals surface area contributed by atoms with Crippen LogP contribution in [0.1, 0.15) is 39.5 Å². The van der Waals surface area contributed by atoms with Crippen LogP contribution in [0.3, 0.4) is 0 Å². The van der Waals surface area contributed by atoms with E-state index in [1.807, 2.05) is 0 Å². The molecule has 1 aliphatic rings. The van der Waals surface area contributed by atoms with Gasteiger partial charge >= 0.3 is 0 Å². The number of benzene rings is 1. The smallest absolute Gasteiger partial charge is 0.262 e. The van der Waals surface area contributed by atoms with Crippen molar-refractivity contribution >= 4 is 11.8 Å². The quantitative estimate of drug-likeness (QED) is 0.801. The molecule has 0 fully saturated rings. The van der Waals surface area contributed by atoms with E-state index in [-0.39, 0.29) is 11.8 Å². The molecule has 0 saturated carbocycles. The molecule has 1 aliphatic heterocycles. The first-order chi connectivity index (χ1) is 8.70. The molecule has 1 atom stereocenters. The van der Waals surface area contributed by atoms with Crippen molar-refractivity contribution in [2.45, 2.75) is 13.0 Å². The monoisotopic (exact) mass is 242 g/mol. The van der Waals surface area contributed by atoms with Crippen LogP contribution in [0.5, 0.6) is 0 Å². The summed E-state index contributed by atoms with van der Waals surface area (Å²) in [4.78, 5) is 29.6. The molecular weight excluding hydrogens is 232 g/mol. The van der Waals surface area contributed by atoms with Crippen LogP contribution in [0.4, 0.5) is 0 Å². The Kier molecular flexibility index (Phi) is 2.22. The van der Waals surface area contributed by atoms with E-state index >= 15 is 0 Å². The lowest BCUT2D eigenvalue weighted by molar-refractivity contribution is 0.0589. The van der Waals surface area contributed by atoms with Crippen molar-refractivity contribution in [1.29, 1.82) is 0 Å². The fourth-order valence-electron chi connectivity index (χ4n) is 2.10. The van der Waals surface area contributed by atoms with Gasteiger partial charge in [0.15, 0.2) is 0 Å². The molecule has 0 radical (unpaired) electrons. The fraction of sp³-hybridized carbons (Fsp3) is 0.167. The highest BCUT2D eigenvalue weighted by molar-refractivity contribution is 6.21. The molecule has 1 aromatic carbocycles. The minimum Gasteiger partial charge on any atom is -0.269 e. The summed E-state index contributed by atoms with van der Waals surface area (Å²) >= 11 is 0. The first kappa shape index (κ1) is 10.6. The Labute approximate surface area is 103 Å². The molecule has 0 unspecified atom stereocenters. The number of carbonyl (C=O) groups excluding carboxylic acids is 2. The lowest BCUT2D eigenvalue weighted by Gasteiger charge is -2.19. The van der Waals surface area contributed by atoms with Crippen LogP contribution in [-0.2, 0) is 0 Å². The molecule has 2 aromatic rings. The number of nitrogens with one attached hydrogen (secondary N) is 1. The Balaban J connectivity index is 2.02. The molecule has 0 bridgehead atoms. The van der Waals surface area contributed by atoms with Crippen LogP contribution in [0.2, 0.25) is 0 Å². The predicted molar refractivity (Wildman–Crippen MR) is 61.7 cm³/mol. The van der Waals surface area contributed by atoms with Crippen molar-refractivity contribution in [3.8, 4) is 0 Å². The number of fused-ring (bicyclic) bond motifs is 1. The first-order valence-corrected chi connectivity index (χ1v) is 5.52. The normalized spacial score (nSPS) is 15.9. The van der Waals surface area contributed by atoms with Gasteiger partial charge in [-0.15, -0.1) is 0 Å². The van der Waals surface area contributed by atoms with Gasteiger partial charge in [0, 0.05) is 0 Å². The lowest BCUT2D eigenvalue weighted by atomic mass is 10.1. The summed E-state index contributed by atoms with van der Waals surface area (Å²) in [5, 5.41) is 6.40. The average molecular weight is 242 g/mol. The molecule has 90 valence electrons. The van der Waals surface area contributed by atoms with E-state index in [9.17, 15) is 9.59 Å². The maximum Gasteiger partial charge on any atom is 0.262 e. The van der Waals surface area contributed by atoms with E-state index in [1.165, 1.54) is 11.2 Å². The van der Waals surface area contributed by atoms with Gasteiger partial charge in [0.1, 0.15) is 12.2 Å². The molecule has 3 rings (SSSR count). The number of aromatic amines is 1. The summed E-state index contributed by atoms with van der Waals surface area (Å²) in [7, 11) is 0. The van der Waals surface area contributed by atoms with Crippen LogP contribution in [0.15, 0.2) is 30.6 Å². The Hall–Kier alpha value is -2.50. The Morgan fingerprint density at radius 2 is 1.78 bits per heavy atom. The van der Waals surface area contributed by atoms with E-state index < -0.39 is 6.04 Å². The van der Waals surface area contributed by atoms with Gasteiger partial charge < -0.3 is 0 Å². The molecule has 1 N–H and O–H groups in total. The number of amides is 2. The zero-order chi connectivity index (χ0) is 12.7. The van der Waals surface area contributed by atoms with Gasteiger partial charge in [-0.25, -0.2) is 4.98 Å². The van der Waals surface area contributed by atoms with Crippen molar-refractivity contribution < 1.29 is 9.59 Å². The van der Waals surface area contributed by atoms with Gasteiger partial charge in [-0.2, -0.15) is 5.10 Å². The number of carbonyl (C=O) groups is 2. The number of H-pyrrole nitrogens is 1. The van der Waals surface area contributed by atoms with E-state index in [0.717, 1.165) is 0 Å². The van der Waals surface area contributed by atoms with E-state index in [0.29, 0.717) is 17.0 Å². The third-order valence-corrected chi connectivity index (χ3v) is 3.04. The highest BCUT2D eigenvalue weighted by Gasteiger charge is 2.39. The van der Waals surface area contributed by atoms with Crippen LogP contribution in [0, 0.1) is 0 Å². The van der Waals surface area contributed by atoms with Gasteiger partial charge in [0.05, 0.1) is 17.2 Å². The summed E-state index contributed by atoms with van der Waals surface area (Å²) in [5.74, 6) is -0.0940. The minimum atomic E-state index is -0.458. The van der Waals surface area contributed by atoms with Gasteiger partial charge in [0.25, 0.3) is 11.8 Å². The topological polar surface area (TPSA) is 79.0 Å². The van der Waals surface area contributed by atoms with Crippen molar-refractivity contribution in [3.63, 3.8) is 0 Å². The summed E-state index contributed by atoms with van der Waals surface area (Å²) in [6, 6.07) is 6.34. The van der Waals surface area contributed by atoms with E-state index in [4.69, 9.17) is 0 Å². The third-order valence-electron chi connectivity index (χ3n) is 3.04. The largest absolute Gasteiger partial charge is 0.269 e. The van der Waals surface area contributed by atoms with Crippen LogP contribution in [-0.4, -0.2) is 31.9 Å². The fourth-order valence-corrected chi connectivity index (χ4v) is 2.10. The number of hydrogen-bond acceptors (Lipinski definition) is 4. The summed E-state index contributed by atoms with van der Waals surface area (Å²) in [5.41, 5.74) is 0.878. The summed E-state index contributed by atoms with van der Waals surface area (Å²) in [6.07, 6.45) is 1.35. The predicted octanol–water partition coefficient (Wildman–Crippen LogP) is 1.16. The molecule has 18 heavy (non-hydrogen) atoms. The molecule has 2 amide bonds. The lowest BCUT2D eigenvalue weighted by Crippen LogP contribution is -2.33. The Bertz CT molecular complexity index is 586. The molecule has 2 heterocycles. The molecule has 0 aliphatic carbocycles.